The second-order valence-corrected chi connectivity index (χ2v) is 9.29. The van der Waals surface area contributed by atoms with Gasteiger partial charge in [0.05, 0.1) is 21.8 Å². The summed E-state index contributed by atoms with van der Waals surface area (Å²) in [5, 5.41) is 4.96. The lowest BCUT2D eigenvalue weighted by Gasteiger charge is -2.32. The minimum atomic E-state index is -4.70. The zero-order valence-electron chi connectivity index (χ0n) is 14.6. The van der Waals surface area contributed by atoms with Gasteiger partial charge in [0.1, 0.15) is 0 Å². The first-order valence-corrected chi connectivity index (χ1v) is 11.1. The molecule has 3 rings (SSSR count). The molecule has 0 heterocycles. The van der Waals surface area contributed by atoms with Crippen LogP contribution in [0, 0.1) is 5.92 Å². The zero-order chi connectivity index (χ0) is 21.4. The van der Waals surface area contributed by atoms with E-state index in [-0.39, 0.29) is 5.57 Å². The molecule has 10 nitrogen and oxygen atoms in total. The third kappa shape index (κ3) is 4.79. The van der Waals surface area contributed by atoms with E-state index in [9.17, 15) is 35.5 Å². The van der Waals surface area contributed by atoms with Crippen molar-refractivity contribution in [2.24, 2.45) is 5.92 Å². The Morgan fingerprint density at radius 2 is 1.66 bits per heavy atom. The van der Waals surface area contributed by atoms with E-state index in [1.165, 1.54) is 0 Å². The number of benzene rings is 1. The maximum atomic E-state index is 12.5. The average molecular weight is 440 g/mol. The average Bonchev–Trinajstić information content (AvgIpc) is 2.60. The van der Waals surface area contributed by atoms with Crippen molar-refractivity contribution in [3.63, 3.8) is 0 Å². The molecule has 29 heavy (non-hydrogen) atoms. The molecule has 0 saturated heterocycles. The molecule has 1 aromatic rings. The van der Waals surface area contributed by atoms with Crippen LogP contribution in [0.2, 0.25) is 0 Å². The van der Waals surface area contributed by atoms with Crippen LogP contribution < -0.4 is 10.6 Å². The van der Waals surface area contributed by atoms with Gasteiger partial charge in [-0.3, -0.25) is 13.9 Å². The van der Waals surface area contributed by atoms with Gasteiger partial charge in [-0.15, -0.1) is 0 Å². The minimum absolute atomic E-state index is 0.0188. The Hall–Kier alpha value is -2.80. The summed E-state index contributed by atoms with van der Waals surface area (Å²) in [6.45, 7) is 0. The quantitative estimate of drug-likeness (QED) is 0.507. The third-order valence-electron chi connectivity index (χ3n) is 4.38. The van der Waals surface area contributed by atoms with Gasteiger partial charge >= 0.3 is 6.03 Å². The lowest BCUT2D eigenvalue weighted by molar-refractivity contribution is -0.117. The highest BCUT2D eigenvalue weighted by atomic mass is 32.2. The summed E-state index contributed by atoms with van der Waals surface area (Å²) in [5.74, 6) is -1.83. The van der Waals surface area contributed by atoms with Gasteiger partial charge in [0.25, 0.3) is 20.2 Å². The molecule has 0 radical (unpaired) electrons. The number of amides is 2. The van der Waals surface area contributed by atoms with Gasteiger partial charge in [0.15, 0.2) is 5.78 Å². The van der Waals surface area contributed by atoms with E-state index in [1.54, 1.807) is 30.3 Å². The van der Waals surface area contributed by atoms with Crippen LogP contribution in [0.3, 0.4) is 0 Å². The largest absolute Gasteiger partial charge is 0.331 e. The third-order valence-corrected chi connectivity index (χ3v) is 6.15. The van der Waals surface area contributed by atoms with E-state index in [0.717, 1.165) is 18.2 Å². The van der Waals surface area contributed by atoms with E-state index >= 15 is 0 Å². The second kappa shape index (κ2) is 7.55. The van der Waals surface area contributed by atoms with Crippen LogP contribution in [-0.2, 0) is 25.0 Å². The summed E-state index contributed by atoms with van der Waals surface area (Å²) in [6, 6.07) is 6.39. The molecule has 4 N–H and O–H groups in total. The maximum absolute atomic E-state index is 12.5. The van der Waals surface area contributed by atoms with Crippen LogP contribution in [-0.4, -0.2) is 43.8 Å². The van der Waals surface area contributed by atoms with Crippen LogP contribution >= 0.6 is 0 Å². The van der Waals surface area contributed by atoms with Crippen molar-refractivity contribution in [3.8, 4) is 0 Å². The predicted octanol–water partition coefficient (Wildman–Crippen LogP) is 1.25. The Labute approximate surface area is 166 Å². The van der Waals surface area contributed by atoms with Gasteiger partial charge in [0, 0.05) is 12.1 Å². The number of nitrogens with one attached hydrogen (secondary N) is 2. The predicted molar refractivity (Wildman–Crippen MR) is 103 cm³/mol. The Morgan fingerprint density at radius 3 is 2.24 bits per heavy atom. The van der Waals surface area contributed by atoms with Crippen molar-refractivity contribution in [2.45, 2.75) is 12.5 Å². The number of rotatable bonds is 4. The molecule has 2 aliphatic rings. The highest BCUT2D eigenvalue weighted by molar-refractivity contribution is 7.90. The van der Waals surface area contributed by atoms with Crippen molar-refractivity contribution in [1.82, 2.24) is 5.32 Å². The van der Waals surface area contributed by atoms with E-state index < -0.39 is 60.2 Å². The monoisotopic (exact) mass is 440 g/mol. The van der Waals surface area contributed by atoms with Crippen LogP contribution in [0.4, 0.5) is 10.5 Å². The molecule has 0 aromatic heterocycles. The second-order valence-electron chi connectivity index (χ2n) is 6.40. The molecular weight excluding hydrogens is 424 g/mol. The molecule has 0 fully saturated rings. The van der Waals surface area contributed by atoms with Crippen molar-refractivity contribution >= 4 is 37.7 Å². The van der Waals surface area contributed by atoms with Crippen molar-refractivity contribution in [2.75, 3.05) is 5.32 Å². The lowest BCUT2D eigenvalue weighted by atomic mass is 9.79. The molecule has 154 valence electrons. The van der Waals surface area contributed by atoms with Crippen LogP contribution in [0.15, 0.2) is 63.9 Å². The maximum Gasteiger partial charge on any atom is 0.319 e. The number of carbonyl (C=O) groups is 2. The molecular formula is C17H16N2O8S2. The number of carbonyl (C=O) groups excluding carboxylic acids is 2. The Bertz CT molecular complexity index is 1170. The zero-order valence-corrected chi connectivity index (χ0v) is 16.3. The fourth-order valence-electron chi connectivity index (χ4n) is 3.14. The first-order chi connectivity index (χ1) is 13.4. The van der Waals surface area contributed by atoms with Gasteiger partial charge in [-0.05, 0) is 30.4 Å². The first kappa shape index (κ1) is 20.9. The molecule has 0 aliphatic heterocycles. The summed E-state index contributed by atoms with van der Waals surface area (Å²) >= 11 is 0. The highest BCUT2D eigenvalue weighted by Crippen LogP contribution is 2.36. The summed E-state index contributed by atoms with van der Waals surface area (Å²) < 4.78 is 64.6. The molecule has 12 heteroatoms. The SMILES string of the molecule is O=C(Nc1ccccc1)NC1C=C(S(=O)(=O)O)C=C2CC(S(=O)(=O)O)=CC(=O)C21. The Kier molecular flexibility index (Phi) is 5.45. The molecule has 1 aromatic carbocycles. The fraction of sp³-hybridized carbons (Fsp3) is 0.176. The molecule has 0 bridgehead atoms. The van der Waals surface area contributed by atoms with Crippen LogP contribution in [0.1, 0.15) is 6.42 Å². The minimum Gasteiger partial charge on any atom is -0.331 e. The van der Waals surface area contributed by atoms with Gasteiger partial charge in [-0.1, -0.05) is 23.8 Å². The van der Waals surface area contributed by atoms with E-state index in [4.69, 9.17) is 0 Å². The van der Waals surface area contributed by atoms with Crippen molar-refractivity contribution in [1.29, 1.82) is 0 Å². The fourth-order valence-corrected chi connectivity index (χ4v) is 4.37. The number of para-hydroxylation sites is 1. The van der Waals surface area contributed by atoms with Crippen LogP contribution in [0.25, 0.3) is 0 Å². The number of anilines is 1. The molecule has 0 saturated carbocycles. The number of ketones is 1. The van der Waals surface area contributed by atoms with E-state index in [1.807, 2.05) is 0 Å². The molecule has 2 atom stereocenters. The van der Waals surface area contributed by atoms with Crippen molar-refractivity contribution < 1.29 is 35.5 Å². The summed E-state index contributed by atoms with van der Waals surface area (Å²) in [7, 11) is -9.38. The number of urea groups is 1. The standard InChI is InChI=1S/C17H16N2O8S2/c20-15-9-13(29(25,26)27)7-10-6-12(28(22,23)24)8-14(16(10)15)19-17(21)18-11-4-2-1-3-5-11/h1-6,8-9,14,16H,7H2,(H2,18,19,21)(H,22,23,24)(H,25,26,27). The number of hydrogen-bond donors (Lipinski definition) is 4. The number of hydrogen-bond acceptors (Lipinski definition) is 6. The van der Waals surface area contributed by atoms with Crippen molar-refractivity contribution in [3.05, 3.63) is 63.9 Å². The van der Waals surface area contributed by atoms with Gasteiger partial charge in [-0.25, -0.2) is 4.79 Å². The lowest BCUT2D eigenvalue weighted by Crippen LogP contribution is -2.47. The summed E-state index contributed by atoms with van der Waals surface area (Å²) in [5.41, 5.74) is 0.462. The van der Waals surface area contributed by atoms with Gasteiger partial charge < -0.3 is 10.6 Å². The molecule has 2 aliphatic carbocycles. The Morgan fingerprint density at radius 1 is 1.00 bits per heavy atom. The molecule has 2 amide bonds. The topological polar surface area (TPSA) is 167 Å². The molecule has 0 spiro atoms. The number of fused-ring (bicyclic) bond motifs is 1. The normalized spacial score (nSPS) is 22.0. The van der Waals surface area contributed by atoms with E-state index in [0.29, 0.717) is 5.69 Å². The summed E-state index contributed by atoms with van der Waals surface area (Å²) in [6.07, 6.45) is 2.26. The first-order valence-electron chi connectivity index (χ1n) is 8.19. The Balaban J connectivity index is 1.94. The smallest absolute Gasteiger partial charge is 0.319 e. The number of allylic oxidation sites excluding steroid dienone is 3. The van der Waals surface area contributed by atoms with Gasteiger partial charge in [0.2, 0.25) is 0 Å². The van der Waals surface area contributed by atoms with E-state index in [2.05, 4.69) is 10.6 Å². The van der Waals surface area contributed by atoms with Crippen LogP contribution in [0.5, 0.6) is 0 Å². The highest BCUT2D eigenvalue weighted by Gasteiger charge is 2.40. The summed E-state index contributed by atoms with van der Waals surface area (Å²) in [4.78, 5) is 23.6. The molecule has 2 unspecified atom stereocenters. The van der Waals surface area contributed by atoms with Gasteiger partial charge in [-0.2, -0.15) is 16.8 Å².